The standard InChI is InChI=1S/C11H11F4NOS/c1-7-6-8(12)2-3-9(7)10(17)16-4-5-18-11(13,14)15/h2-3,6H,4-5H2,1H3,(H,16,17). The number of rotatable bonds is 4. The molecule has 0 heterocycles. The summed E-state index contributed by atoms with van der Waals surface area (Å²) in [6.07, 6.45) is 0. The van der Waals surface area contributed by atoms with Gasteiger partial charge >= 0.3 is 5.51 Å². The highest BCUT2D eigenvalue weighted by atomic mass is 32.2. The molecule has 18 heavy (non-hydrogen) atoms. The molecule has 0 spiro atoms. The smallest absolute Gasteiger partial charge is 0.351 e. The average Bonchev–Trinajstić information content (AvgIpc) is 2.22. The SMILES string of the molecule is Cc1cc(F)ccc1C(=O)NCCSC(F)(F)F. The topological polar surface area (TPSA) is 29.1 Å². The van der Waals surface area contributed by atoms with Crippen molar-refractivity contribution in [2.75, 3.05) is 12.3 Å². The van der Waals surface area contributed by atoms with Crippen LogP contribution in [0.25, 0.3) is 0 Å². The van der Waals surface area contributed by atoms with Gasteiger partial charge < -0.3 is 5.32 Å². The first kappa shape index (κ1) is 14.8. The number of amides is 1. The third-order valence-electron chi connectivity index (χ3n) is 2.09. The van der Waals surface area contributed by atoms with Crippen LogP contribution in [0.4, 0.5) is 17.6 Å². The summed E-state index contributed by atoms with van der Waals surface area (Å²) in [6.45, 7) is 1.46. The zero-order chi connectivity index (χ0) is 13.8. The average molecular weight is 281 g/mol. The summed E-state index contributed by atoms with van der Waals surface area (Å²) in [6, 6.07) is 3.63. The van der Waals surface area contributed by atoms with Gasteiger partial charge in [-0.15, -0.1) is 0 Å². The Morgan fingerprint density at radius 1 is 1.39 bits per heavy atom. The quantitative estimate of drug-likeness (QED) is 0.678. The molecule has 0 radical (unpaired) electrons. The summed E-state index contributed by atoms with van der Waals surface area (Å²) in [7, 11) is 0. The van der Waals surface area contributed by atoms with Crippen LogP contribution in [0.1, 0.15) is 15.9 Å². The minimum atomic E-state index is -4.30. The number of benzene rings is 1. The summed E-state index contributed by atoms with van der Waals surface area (Å²) in [5, 5.41) is 2.35. The zero-order valence-corrected chi connectivity index (χ0v) is 10.3. The van der Waals surface area contributed by atoms with E-state index < -0.39 is 17.2 Å². The third kappa shape index (κ3) is 4.95. The first-order chi connectivity index (χ1) is 8.29. The summed E-state index contributed by atoms with van der Waals surface area (Å²) in [4.78, 5) is 11.6. The van der Waals surface area contributed by atoms with E-state index in [9.17, 15) is 22.4 Å². The second kappa shape index (κ2) is 6.08. The number of carbonyl (C=O) groups excluding carboxylic acids is 1. The van der Waals surface area contributed by atoms with Crippen LogP contribution < -0.4 is 5.32 Å². The molecule has 0 aromatic heterocycles. The molecule has 1 amide bonds. The van der Waals surface area contributed by atoms with Gasteiger partial charge in [0, 0.05) is 17.9 Å². The van der Waals surface area contributed by atoms with E-state index >= 15 is 0 Å². The lowest BCUT2D eigenvalue weighted by Crippen LogP contribution is -2.27. The Hall–Kier alpha value is -1.24. The third-order valence-corrected chi connectivity index (χ3v) is 2.82. The summed E-state index contributed by atoms with van der Waals surface area (Å²) in [5.74, 6) is -1.22. The molecular formula is C11H11F4NOS. The molecular weight excluding hydrogens is 270 g/mol. The first-order valence-corrected chi connectivity index (χ1v) is 6.03. The Morgan fingerprint density at radius 3 is 2.61 bits per heavy atom. The van der Waals surface area contributed by atoms with Gasteiger partial charge in [0.1, 0.15) is 5.82 Å². The molecule has 0 fully saturated rings. The van der Waals surface area contributed by atoms with Crippen LogP contribution in [0, 0.1) is 12.7 Å². The van der Waals surface area contributed by atoms with E-state index in [0.29, 0.717) is 5.56 Å². The number of aryl methyl sites for hydroxylation is 1. The van der Waals surface area contributed by atoms with Gasteiger partial charge in [-0.3, -0.25) is 4.79 Å². The minimum Gasteiger partial charge on any atom is -0.351 e. The van der Waals surface area contributed by atoms with Gasteiger partial charge in [-0.2, -0.15) is 13.2 Å². The molecule has 2 nitrogen and oxygen atoms in total. The molecule has 0 saturated heterocycles. The number of alkyl halides is 3. The van der Waals surface area contributed by atoms with E-state index in [2.05, 4.69) is 5.32 Å². The van der Waals surface area contributed by atoms with Crippen molar-refractivity contribution in [2.45, 2.75) is 12.4 Å². The van der Waals surface area contributed by atoms with Crippen molar-refractivity contribution >= 4 is 17.7 Å². The summed E-state index contributed by atoms with van der Waals surface area (Å²) >= 11 is -0.197. The molecule has 0 aliphatic heterocycles. The van der Waals surface area contributed by atoms with Gasteiger partial charge in [0.15, 0.2) is 0 Å². The molecule has 1 N–H and O–H groups in total. The van der Waals surface area contributed by atoms with Crippen molar-refractivity contribution in [3.05, 3.63) is 35.1 Å². The normalized spacial score (nSPS) is 11.4. The first-order valence-electron chi connectivity index (χ1n) is 5.04. The maximum absolute atomic E-state index is 12.8. The van der Waals surface area contributed by atoms with Crippen molar-refractivity contribution in [2.24, 2.45) is 0 Å². The Balaban J connectivity index is 2.46. The van der Waals surface area contributed by atoms with Crippen molar-refractivity contribution in [1.82, 2.24) is 5.32 Å². The lowest BCUT2D eigenvalue weighted by atomic mass is 10.1. The van der Waals surface area contributed by atoms with E-state index in [1.54, 1.807) is 6.92 Å². The number of thioether (sulfide) groups is 1. The van der Waals surface area contributed by atoms with Gasteiger partial charge in [0.25, 0.3) is 5.91 Å². The predicted octanol–water partition coefficient (Wildman–Crippen LogP) is 3.12. The zero-order valence-electron chi connectivity index (χ0n) is 9.47. The van der Waals surface area contributed by atoms with Crippen molar-refractivity contribution in [3.63, 3.8) is 0 Å². The Bertz CT molecular complexity index is 434. The number of hydrogen-bond donors (Lipinski definition) is 1. The van der Waals surface area contributed by atoms with Crippen LogP contribution in [0.3, 0.4) is 0 Å². The molecule has 1 aromatic rings. The van der Waals surface area contributed by atoms with Gasteiger partial charge in [0.05, 0.1) is 0 Å². The lowest BCUT2D eigenvalue weighted by molar-refractivity contribution is -0.0327. The van der Waals surface area contributed by atoms with E-state index in [0.717, 1.165) is 6.07 Å². The fourth-order valence-electron chi connectivity index (χ4n) is 1.31. The van der Waals surface area contributed by atoms with Crippen molar-refractivity contribution in [3.8, 4) is 0 Å². The van der Waals surface area contributed by atoms with Crippen LogP contribution >= 0.6 is 11.8 Å². The fourth-order valence-corrected chi connectivity index (χ4v) is 1.74. The van der Waals surface area contributed by atoms with Gasteiger partial charge in [0.2, 0.25) is 0 Å². The van der Waals surface area contributed by atoms with E-state index in [-0.39, 0.29) is 29.6 Å². The molecule has 0 saturated carbocycles. The largest absolute Gasteiger partial charge is 0.441 e. The highest BCUT2D eigenvalue weighted by Gasteiger charge is 2.27. The van der Waals surface area contributed by atoms with Crippen LogP contribution in [0.15, 0.2) is 18.2 Å². The Morgan fingerprint density at radius 2 is 2.06 bits per heavy atom. The Labute approximate surface area is 106 Å². The van der Waals surface area contributed by atoms with Crippen LogP contribution in [-0.2, 0) is 0 Å². The van der Waals surface area contributed by atoms with Gasteiger partial charge in [-0.25, -0.2) is 4.39 Å². The monoisotopic (exact) mass is 281 g/mol. The number of halogens is 4. The molecule has 0 aliphatic carbocycles. The molecule has 1 rings (SSSR count). The predicted molar refractivity (Wildman–Crippen MR) is 62.0 cm³/mol. The van der Waals surface area contributed by atoms with Gasteiger partial charge in [-0.05, 0) is 42.4 Å². The van der Waals surface area contributed by atoms with Crippen LogP contribution in [0.5, 0.6) is 0 Å². The second-order valence-corrected chi connectivity index (χ2v) is 4.67. The highest BCUT2D eigenvalue weighted by molar-refractivity contribution is 8.00. The maximum atomic E-state index is 12.8. The molecule has 0 aliphatic rings. The summed E-state index contributed by atoms with van der Waals surface area (Å²) in [5.41, 5.74) is -3.60. The molecule has 100 valence electrons. The number of nitrogens with one attached hydrogen (secondary N) is 1. The van der Waals surface area contributed by atoms with E-state index in [1.807, 2.05) is 0 Å². The highest BCUT2D eigenvalue weighted by Crippen LogP contribution is 2.29. The molecule has 7 heteroatoms. The van der Waals surface area contributed by atoms with Crippen LogP contribution in [-0.4, -0.2) is 23.7 Å². The number of hydrogen-bond acceptors (Lipinski definition) is 2. The number of carbonyl (C=O) groups is 1. The van der Waals surface area contributed by atoms with Crippen molar-refractivity contribution < 1.29 is 22.4 Å². The lowest BCUT2D eigenvalue weighted by Gasteiger charge is -2.08. The van der Waals surface area contributed by atoms with E-state index in [1.165, 1.54) is 12.1 Å². The molecule has 1 aromatic carbocycles. The van der Waals surface area contributed by atoms with Crippen molar-refractivity contribution in [1.29, 1.82) is 0 Å². The molecule has 0 bridgehead atoms. The van der Waals surface area contributed by atoms with Gasteiger partial charge in [-0.1, -0.05) is 0 Å². The van der Waals surface area contributed by atoms with Crippen LogP contribution in [0.2, 0.25) is 0 Å². The Kier molecular flexibility index (Phi) is 5.01. The van der Waals surface area contributed by atoms with E-state index in [4.69, 9.17) is 0 Å². The minimum absolute atomic E-state index is 0.0974. The fraction of sp³-hybridized carbons (Fsp3) is 0.364. The second-order valence-electron chi connectivity index (χ2n) is 3.51. The molecule has 0 unspecified atom stereocenters. The molecule has 0 atom stereocenters. The summed E-state index contributed by atoms with van der Waals surface area (Å²) < 4.78 is 48.2. The maximum Gasteiger partial charge on any atom is 0.441 e.